The molecule has 0 unspecified atom stereocenters. The lowest BCUT2D eigenvalue weighted by molar-refractivity contribution is 1.42. The van der Waals surface area contributed by atoms with Crippen molar-refractivity contribution >= 4 is 23.5 Å². The second-order valence-corrected chi connectivity index (χ2v) is 6.43. The zero-order chi connectivity index (χ0) is 14.2. The molecule has 0 aromatic heterocycles. The topological polar surface area (TPSA) is 0 Å². The molecule has 0 N–H and O–H groups in total. The second kappa shape index (κ2) is 8.03. The van der Waals surface area contributed by atoms with Gasteiger partial charge in [-0.05, 0) is 35.4 Å². The third-order valence-corrected chi connectivity index (χ3v) is 4.79. The third kappa shape index (κ3) is 4.32. The number of hydrogen-bond donors (Lipinski definition) is 0. The SMILES string of the molecule is C=CCSc1ccc(-c2ccc(SCC=C)cc2)cc1. The van der Waals surface area contributed by atoms with Gasteiger partial charge in [0.05, 0.1) is 0 Å². The Kier molecular flexibility index (Phi) is 6.03. The number of rotatable bonds is 7. The van der Waals surface area contributed by atoms with Gasteiger partial charge in [0.15, 0.2) is 0 Å². The van der Waals surface area contributed by atoms with E-state index in [4.69, 9.17) is 0 Å². The Bertz CT molecular complexity index is 499. The fourth-order valence-corrected chi connectivity index (χ4v) is 3.08. The first-order valence-electron chi connectivity index (χ1n) is 6.51. The molecule has 0 aliphatic carbocycles. The van der Waals surface area contributed by atoms with Crippen molar-refractivity contribution < 1.29 is 0 Å². The molecular formula is C18H18S2. The van der Waals surface area contributed by atoms with Gasteiger partial charge < -0.3 is 0 Å². The number of thioether (sulfide) groups is 2. The van der Waals surface area contributed by atoms with E-state index < -0.39 is 0 Å². The van der Waals surface area contributed by atoms with Gasteiger partial charge in [0.1, 0.15) is 0 Å². The maximum Gasteiger partial charge on any atom is 0.0158 e. The minimum Gasteiger partial charge on any atom is -0.122 e. The molecule has 0 radical (unpaired) electrons. The zero-order valence-corrected chi connectivity index (χ0v) is 13.1. The van der Waals surface area contributed by atoms with Crippen LogP contribution in [0.1, 0.15) is 0 Å². The van der Waals surface area contributed by atoms with Crippen LogP contribution in [0.2, 0.25) is 0 Å². The molecule has 2 aromatic carbocycles. The molecule has 0 nitrogen and oxygen atoms in total. The monoisotopic (exact) mass is 298 g/mol. The van der Waals surface area contributed by atoms with Crippen molar-refractivity contribution in [2.45, 2.75) is 9.79 Å². The van der Waals surface area contributed by atoms with E-state index in [0.717, 1.165) is 11.5 Å². The van der Waals surface area contributed by atoms with Crippen LogP contribution >= 0.6 is 23.5 Å². The molecule has 0 atom stereocenters. The first-order chi connectivity index (χ1) is 9.83. The Morgan fingerprint density at radius 2 is 1.00 bits per heavy atom. The summed E-state index contributed by atoms with van der Waals surface area (Å²) in [7, 11) is 0. The highest BCUT2D eigenvalue weighted by molar-refractivity contribution is 7.99. The van der Waals surface area contributed by atoms with Crippen molar-refractivity contribution in [2.24, 2.45) is 0 Å². The summed E-state index contributed by atoms with van der Waals surface area (Å²) in [4.78, 5) is 2.57. The van der Waals surface area contributed by atoms with Gasteiger partial charge in [-0.2, -0.15) is 0 Å². The van der Waals surface area contributed by atoms with E-state index in [1.54, 1.807) is 23.5 Å². The predicted octanol–water partition coefficient (Wildman–Crippen LogP) is 5.91. The third-order valence-electron chi connectivity index (χ3n) is 2.78. The van der Waals surface area contributed by atoms with Crippen molar-refractivity contribution in [3.05, 3.63) is 73.8 Å². The van der Waals surface area contributed by atoms with Crippen LogP contribution in [0, 0.1) is 0 Å². The van der Waals surface area contributed by atoms with Crippen molar-refractivity contribution in [2.75, 3.05) is 11.5 Å². The lowest BCUT2D eigenvalue weighted by Gasteiger charge is -2.05. The molecule has 2 heteroatoms. The molecule has 2 aromatic rings. The van der Waals surface area contributed by atoms with Crippen LogP contribution in [0.4, 0.5) is 0 Å². The van der Waals surface area contributed by atoms with E-state index in [-0.39, 0.29) is 0 Å². The lowest BCUT2D eigenvalue weighted by Crippen LogP contribution is -1.80. The van der Waals surface area contributed by atoms with Crippen LogP contribution in [0.15, 0.2) is 83.6 Å². The molecule has 0 spiro atoms. The molecule has 0 saturated carbocycles. The summed E-state index contributed by atoms with van der Waals surface area (Å²) in [5, 5.41) is 0. The van der Waals surface area contributed by atoms with Crippen LogP contribution in [0.5, 0.6) is 0 Å². The highest BCUT2D eigenvalue weighted by atomic mass is 32.2. The van der Waals surface area contributed by atoms with Gasteiger partial charge in [-0.15, -0.1) is 36.7 Å². The van der Waals surface area contributed by atoms with Crippen LogP contribution in [0.3, 0.4) is 0 Å². The molecule has 0 aliphatic rings. The van der Waals surface area contributed by atoms with E-state index in [2.05, 4.69) is 61.7 Å². The van der Waals surface area contributed by atoms with E-state index in [1.165, 1.54) is 20.9 Å². The van der Waals surface area contributed by atoms with Crippen LogP contribution in [-0.4, -0.2) is 11.5 Å². The molecule has 0 fully saturated rings. The van der Waals surface area contributed by atoms with E-state index in [0.29, 0.717) is 0 Å². The zero-order valence-electron chi connectivity index (χ0n) is 11.4. The van der Waals surface area contributed by atoms with E-state index >= 15 is 0 Å². The largest absolute Gasteiger partial charge is 0.122 e. The molecule has 2 rings (SSSR count). The highest BCUT2D eigenvalue weighted by Crippen LogP contribution is 2.26. The molecular weight excluding hydrogens is 280 g/mol. The summed E-state index contributed by atoms with van der Waals surface area (Å²) in [6.45, 7) is 7.48. The van der Waals surface area contributed by atoms with Gasteiger partial charge in [-0.1, -0.05) is 36.4 Å². The van der Waals surface area contributed by atoms with Gasteiger partial charge in [0, 0.05) is 21.3 Å². The number of hydrogen-bond acceptors (Lipinski definition) is 2. The molecule has 0 amide bonds. The fourth-order valence-electron chi connectivity index (χ4n) is 1.80. The first kappa shape index (κ1) is 15.0. The van der Waals surface area contributed by atoms with Crippen LogP contribution < -0.4 is 0 Å². The maximum absolute atomic E-state index is 3.74. The van der Waals surface area contributed by atoms with Crippen molar-refractivity contribution in [1.29, 1.82) is 0 Å². The molecule has 0 saturated heterocycles. The quantitative estimate of drug-likeness (QED) is 0.460. The molecule has 20 heavy (non-hydrogen) atoms. The Labute approximate surface area is 130 Å². The molecule has 0 aliphatic heterocycles. The first-order valence-corrected chi connectivity index (χ1v) is 8.48. The molecule has 0 bridgehead atoms. The second-order valence-electron chi connectivity index (χ2n) is 4.25. The van der Waals surface area contributed by atoms with Crippen LogP contribution in [-0.2, 0) is 0 Å². The summed E-state index contributed by atoms with van der Waals surface area (Å²) in [6, 6.07) is 17.4. The van der Waals surface area contributed by atoms with E-state index in [9.17, 15) is 0 Å². The number of benzene rings is 2. The standard InChI is InChI=1S/C18H18S2/c1-3-13-19-17-9-5-15(6-10-17)16-7-11-18(12-8-16)20-14-4-2/h3-12H,1-2,13-14H2. The van der Waals surface area contributed by atoms with Crippen molar-refractivity contribution in [3.8, 4) is 11.1 Å². The average molecular weight is 298 g/mol. The normalized spacial score (nSPS) is 10.2. The minimum absolute atomic E-state index is 0.953. The van der Waals surface area contributed by atoms with Gasteiger partial charge in [0.2, 0.25) is 0 Å². The Balaban J connectivity index is 2.06. The lowest BCUT2D eigenvalue weighted by atomic mass is 10.1. The summed E-state index contributed by atoms with van der Waals surface area (Å²) in [6.07, 6.45) is 3.86. The Morgan fingerprint density at radius 3 is 1.30 bits per heavy atom. The highest BCUT2D eigenvalue weighted by Gasteiger charge is 1.99. The van der Waals surface area contributed by atoms with Gasteiger partial charge in [-0.25, -0.2) is 0 Å². The van der Waals surface area contributed by atoms with Gasteiger partial charge in [0.25, 0.3) is 0 Å². The summed E-state index contributed by atoms with van der Waals surface area (Å²) < 4.78 is 0. The predicted molar refractivity (Wildman–Crippen MR) is 93.7 cm³/mol. The summed E-state index contributed by atoms with van der Waals surface area (Å²) in [5.41, 5.74) is 2.52. The van der Waals surface area contributed by atoms with Gasteiger partial charge >= 0.3 is 0 Å². The molecule has 102 valence electrons. The fraction of sp³-hybridized carbons (Fsp3) is 0.111. The Hall–Kier alpha value is -1.38. The summed E-state index contributed by atoms with van der Waals surface area (Å²) >= 11 is 3.61. The van der Waals surface area contributed by atoms with Crippen LogP contribution in [0.25, 0.3) is 11.1 Å². The smallest absolute Gasteiger partial charge is 0.0158 e. The van der Waals surface area contributed by atoms with Gasteiger partial charge in [-0.3, -0.25) is 0 Å². The summed E-state index contributed by atoms with van der Waals surface area (Å²) in [5.74, 6) is 1.91. The molecule has 0 heterocycles. The Morgan fingerprint density at radius 1 is 0.650 bits per heavy atom. The average Bonchev–Trinajstić information content (AvgIpc) is 2.52. The van der Waals surface area contributed by atoms with E-state index in [1.807, 2.05) is 12.2 Å². The maximum atomic E-state index is 3.74. The van der Waals surface area contributed by atoms with Crippen molar-refractivity contribution in [3.63, 3.8) is 0 Å². The minimum atomic E-state index is 0.953. The van der Waals surface area contributed by atoms with Crippen molar-refractivity contribution in [1.82, 2.24) is 0 Å².